The molecular formula is C28H59NO7S. The van der Waals surface area contributed by atoms with Gasteiger partial charge in [-0.1, -0.05) is 91.4 Å². The molecule has 0 bridgehead atoms. The minimum atomic E-state index is -0.833. The molecule has 0 saturated heterocycles. The van der Waals surface area contributed by atoms with Gasteiger partial charge >= 0.3 is 5.97 Å². The van der Waals surface area contributed by atoms with Crippen LogP contribution in [0.15, 0.2) is 0 Å². The highest BCUT2D eigenvalue weighted by atomic mass is 32.2. The van der Waals surface area contributed by atoms with Crippen LogP contribution in [0.2, 0.25) is 0 Å². The van der Waals surface area contributed by atoms with Gasteiger partial charge in [-0.25, -0.2) is 9.78 Å². The third-order valence-electron chi connectivity index (χ3n) is 4.72. The largest absolute Gasteiger partial charge is 0.481 e. The van der Waals surface area contributed by atoms with Crippen LogP contribution in [-0.2, 0) is 28.9 Å². The van der Waals surface area contributed by atoms with Crippen LogP contribution in [0, 0.1) is 0 Å². The Hall–Kier alpha value is -1.32. The fourth-order valence-corrected chi connectivity index (χ4v) is 3.59. The van der Waals surface area contributed by atoms with Gasteiger partial charge in [0.1, 0.15) is 0 Å². The smallest absolute Gasteiger partial charge is 0.302 e. The molecule has 1 amide bonds. The van der Waals surface area contributed by atoms with Gasteiger partial charge in [-0.3, -0.25) is 14.4 Å². The molecule has 0 spiro atoms. The van der Waals surface area contributed by atoms with E-state index in [1.165, 1.54) is 84.7 Å². The van der Waals surface area contributed by atoms with Crippen molar-refractivity contribution in [3.8, 4) is 0 Å². The molecule has 9 heteroatoms. The average molecular weight is 554 g/mol. The molecule has 2 N–H and O–H groups in total. The van der Waals surface area contributed by atoms with E-state index >= 15 is 0 Å². The van der Waals surface area contributed by atoms with Gasteiger partial charge in [0.2, 0.25) is 5.91 Å². The minimum absolute atomic E-state index is 0.111. The average Bonchev–Trinajstić information content (AvgIpc) is 2.88. The van der Waals surface area contributed by atoms with Gasteiger partial charge in [-0.15, -0.1) is 0 Å². The van der Waals surface area contributed by atoms with Crippen molar-refractivity contribution in [1.82, 2.24) is 5.32 Å². The summed E-state index contributed by atoms with van der Waals surface area (Å²) in [5, 5.41) is 10.0. The molecule has 0 aliphatic carbocycles. The Morgan fingerprint density at radius 3 is 1.49 bits per heavy atom. The normalized spacial score (nSPS) is 9.49. The predicted molar refractivity (Wildman–Crippen MR) is 156 cm³/mol. The second-order valence-corrected chi connectivity index (χ2v) is 9.36. The summed E-state index contributed by atoms with van der Waals surface area (Å²) in [6, 6.07) is 0. The molecule has 8 nitrogen and oxygen atoms in total. The van der Waals surface area contributed by atoms with Gasteiger partial charge in [0, 0.05) is 33.1 Å². The summed E-state index contributed by atoms with van der Waals surface area (Å²) >= 11 is 1.79. The molecule has 0 unspecified atom stereocenters. The summed E-state index contributed by atoms with van der Waals surface area (Å²) in [4.78, 5) is 40.0. The standard InChI is InChI=1S/C21H43NO3S.C3H6O2.C2H4O2.C2H6/c1-3-4-5-6-7-8-9-10-11-12-13-14-17-24-25-18-15-19-26-20-16-21(23)22-2;1-3(4)5-2;1-2(3)4;1-2/h3-20H2,1-2H3,(H,22,23);1-2H3;1H3,(H,3,4);1-2H3. The second-order valence-electron chi connectivity index (χ2n) is 8.14. The SMILES string of the molecule is CC.CC(=O)O.CCCCCCCCCCCCCCOOCCCSCCC(=O)NC.COC(C)=O. The number of carbonyl (C=O) groups excluding carboxylic acids is 2. The number of aliphatic carboxylic acids is 1. The van der Waals surface area contributed by atoms with E-state index in [1.807, 2.05) is 13.8 Å². The topological polar surface area (TPSA) is 111 Å². The Morgan fingerprint density at radius 2 is 1.11 bits per heavy atom. The fourth-order valence-electron chi connectivity index (χ4n) is 2.73. The number of hydrogen-bond donors (Lipinski definition) is 2. The van der Waals surface area contributed by atoms with Crippen molar-refractivity contribution in [2.75, 3.05) is 38.9 Å². The zero-order chi connectivity index (χ0) is 29.0. The van der Waals surface area contributed by atoms with E-state index in [4.69, 9.17) is 19.7 Å². The van der Waals surface area contributed by atoms with E-state index in [0.29, 0.717) is 19.6 Å². The highest BCUT2D eigenvalue weighted by Crippen LogP contribution is 2.12. The number of methoxy groups -OCH3 is 1. The van der Waals surface area contributed by atoms with E-state index in [-0.39, 0.29) is 11.9 Å². The Balaban J connectivity index is -0.000000415. The molecular weight excluding hydrogens is 494 g/mol. The van der Waals surface area contributed by atoms with Crippen LogP contribution < -0.4 is 5.32 Å². The molecule has 0 heterocycles. The molecule has 0 radical (unpaired) electrons. The maximum absolute atomic E-state index is 11.0. The minimum Gasteiger partial charge on any atom is -0.481 e. The van der Waals surface area contributed by atoms with Crippen LogP contribution in [0.1, 0.15) is 125 Å². The molecule has 0 atom stereocenters. The van der Waals surface area contributed by atoms with Crippen molar-refractivity contribution in [2.24, 2.45) is 0 Å². The molecule has 0 aromatic carbocycles. The lowest BCUT2D eigenvalue weighted by Gasteiger charge is -2.05. The number of amides is 1. The van der Waals surface area contributed by atoms with Gasteiger partial charge in [0.25, 0.3) is 5.97 Å². The lowest BCUT2D eigenvalue weighted by molar-refractivity contribution is -0.294. The summed E-state index contributed by atoms with van der Waals surface area (Å²) in [7, 11) is 3.02. The zero-order valence-electron chi connectivity index (χ0n) is 25.0. The number of esters is 1. The van der Waals surface area contributed by atoms with E-state index in [0.717, 1.165) is 31.3 Å². The summed E-state index contributed by atoms with van der Waals surface area (Å²) in [6.07, 6.45) is 17.8. The molecule has 0 saturated carbocycles. The first kappa shape index (κ1) is 42.8. The quantitative estimate of drug-likeness (QED) is 0.0665. The van der Waals surface area contributed by atoms with Crippen molar-refractivity contribution < 1.29 is 34.0 Å². The molecule has 0 rings (SSSR count). The van der Waals surface area contributed by atoms with Gasteiger partial charge < -0.3 is 15.2 Å². The third kappa shape index (κ3) is 60.8. The van der Waals surface area contributed by atoms with Crippen LogP contribution >= 0.6 is 11.8 Å². The van der Waals surface area contributed by atoms with Crippen LogP contribution in [0.5, 0.6) is 0 Å². The molecule has 0 fully saturated rings. The number of rotatable bonds is 21. The van der Waals surface area contributed by atoms with Crippen molar-refractivity contribution in [3.63, 3.8) is 0 Å². The number of nitrogens with one attached hydrogen (secondary N) is 1. The molecule has 0 aliphatic heterocycles. The van der Waals surface area contributed by atoms with Gasteiger partial charge in [0.05, 0.1) is 20.3 Å². The summed E-state index contributed by atoms with van der Waals surface area (Å²) < 4.78 is 4.11. The highest BCUT2D eigenvalue weighted by molar-refractivity contribution is 7.99. The third-order valence-corrected chi connectivity index (χ3v) is 5.79. The lowest BCUT2D eigenvalue weighted by Crippen LogP contribution is -2.17. The van der Waals surface area contributed by atoms with Crippen LogP contribution in [0.25, 0.3) is 0 Å². The first-order chi connectivity index (χ1) is 17.8. The van der Waals surface area contributed by atoms with E-state index < -0.39 is 5.97 Å². The molecule has 0 aromatic rings. The maximum atomic E-state index is 11.0. The van der Waals surface area contributed by atoms with Crippen molar-refractivity contribution >= 4 is 29.6 Å². The lowest BCUT2D eigenvalue weighted by atomic mass is 10.1. The van der Waals surface area contributed by atoms with Gasteiger partial charge in [-0.2, -0.15) is 11.8 Å². The number of unbranched alkanes of at least 4 members (excludes halogenated alkanes) is 11. The second kappa shape index (κ2) is 41.8. The van der Waals surface area contributed by atoms with Crippen LogP contribution in [-0.4, -0.2) is 61.8 Å². The molecule has 0 aliphatic rings. The summed E-state index contributed by atoms with van der Waals surface area (Å²) in [5.74, 6) is 0.919. The van der Waals surface area contributed by atoms with Gasteiger partial charge in [-0.05, 0) is 18.6 Å². The first-order valence-electron chi connectivity index (χ1n) is 14.1. The number of thioether (sulfide) groups is 1. The Bertz CT molecular complexity index is 462. The van der Waals surface area contributed by atoms with Crippen LogP contribution in [0.4, 0.5) is 0 Å². The Kier molecular flexibility index (Phi) is 48.3. The fraction of sp³-hybridized carbons (Fsp3) is 0.893. The summed E-state index contributed by atoms with van der Waals surface area (Å²) in [6.45, 7) is 10.1. The van der Waals surface area contributed by atoms with Gasteiger partial charge in [0.15, 0.2) is 0 Å². The number of carboxylic acids is 1. The molecule has 37 heavy (non-hydrogen) atoms. The number of ether oxygens (including phenoxy) is 1. The maximum Gasteiger partial charge on any atom is 0.302 e. The van der Waals surface area contributed by atoms with Crippen molar-refractivity contribution in [2.45, 2.75) is 125 Å². The summed E-state index contributed by atoms with van der Waals surface area (Å²) in [5.41, 5.74) is 0. The van der Waals surface area contributed by atoms with Crippen molar-refractivity contribution in [1.29, 1.82) is 0 Å². The Labute approximate surface area is 232 Å². The van der Waals surface area contributed by atoms with E-state index in [9.17, 15) is 9.59 Å². The number of carbonyl (C=O) groups is 3. The number of hydrogen-bond acceptors (Lipinski definition) is 7. The first-order valence-corrected chi connectivity index (χ1v) is 15.2. The van der Waals surface area contributed by atoms with Crippen molar-refractivity contribution in [3.05, 3.63) is 0 Å². The van der Waals surface area contributed by atoms with Crippen LogP contribution in [0.3, 0.4) is 0 Å². The van der Waals surface area contributed by atoms with E-state index in [1.54, 1.807) is 18.8 Å². The highest BCUT2D eigenvalue weighted by Gasteiger charge is 1.98. The zero-order valence-corrected chi connectivity index (χ0v) is 25.8. The van der Waals surface area contributed by atoms with E-state index in [2.05, 4.69) is 17.0 Å². The molecule has 0 aromatic heterocycles. The predicted octanol–water partition coefficient (Wildman–Crippen LogP) is 7.19. The monoisotopic (exact) mass is 553 g/mol. The Morgan fingerprint density at radius 1 is 0.730 bits per heavy atom. The number of carboxylic acid groups (broad SMARTS) is 1. The molecule has 224 valence electrons.